The van der Waals surface area contributed by atoms with Crippen molar-refractivity contribution in [3.05, 3.63) is 59.7 Å². The van der Waals surface area contributed by atoms with Crippen LogP contribution in [-0.4, -0.2) is 354 Å². The van der Waals surface area contributed by atoms with Crippen molar-refractivity contribution in [1.82, 2.24) is 82.6 Å². The van der Waals surface area contributed by atoms with Crippen molar-refractivity contribution in [2.45, 2.75) is 210 Å². The Hall–Kier alpha value is -13.1. The molecule has 48 nitrogen and oxygen atoms in total. The van der Waals surface area contributed by atoms with Gasteiger partial charge >= 0.3 is 35.8 Å². The maximum absolute atomic E-state index is 15.4. The second kappa shape index (κ2) is 53.1. The SMILES string of the molecule is CC(C)C[C@H](NC(=O)[C@@H](NC(=O)[C@H](Cc1ccc(O)cc1)NC(=O)[C@@H]1CCCN1C(=O)[C@H](CCCNC(=N)N)NC(=O)[C@@H](NC(=O)[C@@H]1CCCN1C(=O)[C@H](CCCCN)NC(=O)[C@H](CC(N)=O)NC(=O)[C@H](CCC(=O)O)NC(=O)[C@@H](Cc1ccc(O)cc1)NC(=O)CN(CCN(CCN(CC(=O)O)CC(=O)O)CC(=O)O)CC(=O)O)C1CCN(C(=N)N)CC1)C(C)(C)C)C(=O)O. The molecule has 2 aromatic carbocycles. The molecule has 0 radical (unpaired) electrons. The van der Waals surface area contributed by atoms with E-state index >= 15 is 19.2 Å². The molecule has 3 fully saturated rings. The molecule has 5 rings (SSSR count). The average Bonchev–Trinajstić information content (AvgIpc) is 1.78. The van der Waals surface area contributed by atoms with Crippen molar-refractivity contribution in [1.29, 1.82) is 10.8 Å². The molecule has 3 aliphatic heterocycles. The Balaban J connectivity index is 1.43. The van der Waals surface area contributed by atoms with Crippen LogP contribution in [0, 0.1) is 28.1 Å². The van der Waals surface area contributed by atoms with E-state index in [4.69, 9.17) is 33.8 Å². The number of amides is 12. The minimum Gasteiger partial charge on any atom is -0.508 e. The van der Waals surface area contributed by atoms with Gasteiger partial charge in [-0.05, 0) is 143 Å². The number of carboxylic acid groups (broad SMARTS) is 6. The molecule has 11 atom stereocenters. The lowest BCUT2D eigenvalue weighted by Gasteiger charge is -2.37. The van der Waals surface area contributed by atoms with Gasteiger partial charge in [0.2, 0.25) is 70.9 Å². The number of nitrogens with zero attached hydrogens (tertiary/aromatic N) is 6. The van der Waals surface area contributed by atoms with Crippen molar-refractivity contribution in [3.63, 3.8) is 0 Å². The summed E-state index contributed by atoms with van der Waals surface area (Å²) in [5.74, 6) is -22.4. The molecule has 0 unspecified atom stereocenters. The van der Waals surface area contributed by atoms with Gasteiger partial charge in [-0.2, -0.15) is 0 Å². The minimum atomic E-state index is -2.01. The summed E-state index contributed by atoms with van der Waals surface area (Å²) in [6.45, 7) is 3.58. The fourth-order valence-electron chi connectivity index (χ4n) is 15.4. The number of primary amides is 1. The van der Waals surface area contributed by atoms with Crippen LogP contribution in [0.15, 0.2) is 48.5 Å². The quantitative estimate of drug-likeness (QED) is 0.0167. The second-order valence-electron chi connectivity index (χ2n) is 34.2. The number of carbonyl (C=O) groups is 18. The number of aliphatic carboxylic acids is 6. The Morgan fingerprint density at radius 3 is 1.35 bits per heavy atom. The number of hydrogen-bond acceptors (Lipinski definition) is 26. The van der Waals surface area contributed by atoms with Crippen LogP contribution < -0.4 is 76.1 Å². The number of nitrogens with two attached hydrogens (primary N) is 4. The number of unbranched alkanes of at least 4 members (excludes halogenated alkanes) is 1. The first-order valence-corrected chi connectivity index (χ1v) is 43.2. The predicted molar refractivity (Wildman–Crippen MR) is 466 cm³/mol. The monoisotopic (exact) mass is 1850 g/mol. The number of carboxylic acids is 6. The van der Waals surface area contributed by atoms with Crippen molar-refractivity contribution in [2.75, 3.05) is 98.2 Å². The number of phenolic OH excluding ortho intramolecular Hbond substituents is 2. The van der Waals surface area contributed by atoms with E-state index < -0.39 is 249 Å². The molecule has 0 aliphatic carbocycles. The van der Waals surface area contributed by atoms with Crippen LogP contribution in [0.1, 0.15) is 142 Å². The highest BCUT2D eigenvalue weighted by molar-refractivity contribution is 6.01. The first kappa shape index (κ1) is 108. The van der Waals surface area contributed by atoms with E-state index in [1.165, 1.54) is 63.2 Å². The summed E-state index contributed by atoms with van der Waals surface area (Å²) >= 11 is 0. The van der Waals surface area contributed by atoms with Crippen molar-refractivity contribution >= 4 is 119 Å². The van der Waals surface area contributed by atoms with E-state index in [1.54, 1.807) is 34.6 Å². The maximum Gasteiger partial charge on any atom is 0.326 e. The first-order chi connectivity index (χ1) is 61.6. The highest BCUT2D eigenvalue weighted by Crippen LogP contribution is 2.28. The minimum absolute atomic E-state index is 0.00230. The molecular weight excluding hydrogens is 1720 g/mol. The Bertz CT molecular complexity index is 4320. The molecule has 0 spiro atoms. The van der Waals surface area contributed by atoms with Gasteiger partial charge in [0.15, 0.2) is 11.9 Å². The lowest BCUT2D eigenvalue weighted by Crippen LogP contribution is -2.62. The largest absolute Gasteiger partial charge is 0.508 e. The van der Waals surface area contributed by atoms with Crippen LogP contribution in [0.5, 0.6) is 11.5 Å². The van der Waals surface area contributed by atoms with Gasteiger partial charge in [0, 0.05) is 78.2 Å². The average molecular weight is 1850 g/mol. The zero-order valence-electron chi connectivity index (χ0n) is 74.2. The van der Waals surface area contributed by atoms with Crippen LogP contribution in [-0.2, 0) is 99.1 Å². The van der Waals surface area contributed by atoms with Crippen LogP contribution in [0.4, 0.5) is 0 Å². The summed E-state index contributed by atoms with van der Waals surface area (Å²) < 4.78 is 0. The molecule has 48 heteroatoms. The highest BCUT2D eigenvalue weighted by Gasteiger charge is 2.46. The van der Waals surface area contributed by atoms with E-state index in [2.05, 4.69) is 53.2 Å². The number of carbonyl (C=O) groups excluding carboxylic acids is 12. The summed E-state index contributed by atoms with van der Waals surface area (Å²) in [5.41, 5.74) is 22.7. The van der Waals surface area contributed by atoms with Crippen molar-refractivity contribution < 1.29 is 127 Å². The maximum atomic E-state index is 15.4. The van der Waals surface area contributed by atoms with Gasteiger partial charge in [0.1, 0.15) is 78.0 Å². The molecule has 0 bridgehead atoms. The van der Waals surface area contributed by atoms with Gasteiger partial charge in [-0.1, -0.05) is 58.9 Å². The molecule has 726 valence electrons. The van der Waals surface area contributed by atoms with Gasteiger partial charge in [-0.25, -0.2) is 4.79 Å². The number of aromatic hydroxyl groups is 2. The van der Waals surface area contributed by atoms with Gasteiger partial charge < -0.3 is 132 Å². The standard InChI is InChI=1S/C83H128N22O26/c1-46(2)37-58(80(130)131)97-77(127)69(83(3,4)5)99-73(123)56(39-48-17-21-51(107)22-18-48)96-74(124)59-13-9-29-104(59)79(129)54(12-8-28-90-81(86)87)94-76(126)68(49-25-31-103(32-26-49)82(88)89)98-75(125)60-14-10-30-105(60)78(128)53(11-6-7-27-84)93-72(122)57(40-61(85)108)95-70(120)52(23-24-63(110)111)92-71(121)55(38-47-15-19-50(106)20-16-47)91-62(109)41-101(43-65(114)115)35-33-100(42-64(112)113)34-36-102(44-66(116)117)45-67(118)119/h15-22,46,49,52-60,68-69,106-107H,6-14,23-45,84H2,1-5H3,(H2,85,108)(H3,88,89)(H,91,109)(H,92,121)(H,93,122)(H,94,126)(H,95,120)(H,96,124)(H,97,127)(H,98,125)(H,99,123)(H,110,111)(H,112,113)(H,114,115)(H,116,117)(H,118,119)(H,130,131)(H4,86,87,90)/t52-,53-,54-,55+,56-,57-,58-,59-,60-,68-,69+/m0/s1. The first-order valence-electron chi connectivity index (χ1n) is 43.2. The fraction of sp³-hybridized carbons (Fsp3) is 0.614. The van der Waals surface area contributed by atoms with Gasteiger partial charge in [0.05, 0.1) is 39.1 Å². The number of rotatable bonds is 56. The lowest BCUT2D eigenvalue weighted by atomic mass is 9.85. The topological polar surface area (TPSA) is 761 Å². The third-order valence-corrected chi connectivity index (χ3v) is 22.1. The van der Waals surface area contributed by atoms with E-state index in [1.807, 2.05) is 0 Å². The summed E-state index contributed by atoms with van der Waals surface area (Å²) in [5, 5.41) is 120. The normalized spacial score (nSPS) is 16.6. The Kier molecular flexibility index (Phi) is 44.0. The summed E-state index contributed by atoms with van der Waals surface area (Å²) in [6.07, 6.45) is -2.44. The lowest BCUT2D eigenvalue weighted by molar-refractivity contribution is -0.144. The molecule has 131 heavy (non-hydrogen) atoms. The van der Waals surface area contributed by atoms with Crippen LogP contribution >= 0.6 is 0 Å². The third-order valence-electron chi connectivity index (χ3n) is 22.1. The van der Waals surface area contributed by atoms with Crippen LogP contribution in [0.3, 0.4) is 0 Å². The number of phenols is 2. The van der Waals surface area contributed by atoms with E-state index in [-0.39, 0.29) is 178 Å². The molecule has 0 saturated carbocycles. The van der Waals surface area contributed by atoms with Gasteiger partial charge in [0.25, 0.3) is 0 Å². The summed E-state index contributed by atoms with van der Waals surface area (Å²) in [7, 11) is 0. The number of nitrogens with one attached hydrogen (secondary N) is 12. The van der Waals surface area contributed by atoms with Crippen LogP contribution in [0.2, 0.25) is 0 Å². The molecule has 3 saturated heterocycles. The third kappa shape index (κ3) is 37.8. The van der Waals surface area contributed by atoms with E-state index in [0.29, 0.717) is 5.56 Å². The highest BCUT2D eigenvalue weighted by atomic mass is 16.4. The van der Waals surface area contributed by atoms with Crippen molar-refractivity contribution in [3.8, 4) is 11.5 Å². The Morgan fingerprint density at radius 1 is 0.466 bits per heavy atom. The van der Waals surface area contributed by atoms with Gasteiger partial charge in [-0.3, -0.25) is 107 Å². The molecule has 12 amide bonds. The fourth-order valence-corrected chi connectivity index (χ4v) is 15.4. The Labute approximate surface area is 755 Å². The molecule has 28 N–H and O–H groups in total. The summed E-state index contributed by atoms with van der Waals surface area (Å²) in [4.78, 5) is 254. The second-order valence-corrected chi connectivity index (χ2v) is 34.2. The molecule has 3 aliphatic rings. The zero-order chi connectivity index (χ0) is 97.7. The number of guanidine groups is 2. The van der Waals surface area contributed by atoms with Crippen LogP contribution in [0.25, 0.3) is 0 Å². The molecule has 2 aromatic rings. The number of piperidine rings is 1. The van der Waals surface area contributed by atoms with Crippen molar-refractivity contribution in [2.24, 2.45) is 40.2 Å². The molecule has 0 aromatic heterocycles. The molecular formula is C83H128N22O26. The number of hydrogen-bond donors (Lipinski definition) is 24. The smallest absolute Gasteiger partial charge is 0.326 e. The zero-order valence-corrected chi connectivity index (χ0v) is 74.2. The molecule has 3 heterocycles. The van der Waals surface area contributed by atoms with E-state index in [0.717, 1.165) is 14.7 Å². The number of likely N-dealkylation sites (tertiary alicyclic amines) is 3. The Morgan fingerprint density at radius 2 is 0.893 bits per heavy atom. The summed E-state index contributed by atoms with van der Waals surface area (Å²) in [6, 6.07) is -6.27. The predicted octanol–water partition coefficient (Wildman–Crippen LogP) is -5.61. The van der Waals surface area contributed by atoms with E-state index in [9.17, 15) is 108 Å². The number of benzene rings is 2. The van der Waals surface area contributed by atoms with Gasteiger partial charge in [-0.15, -0.1) is 0 Å².